The van der Waals surface area contributed by atoms with Crippen LogP contribution < -0.4 is 10.6 Å². The van der Waals surface area contributed by atoms with Crippen molar-refractivity contribution < 1.29 is 14.4 Å². The Labute approximate surface area is 177 Å². The topological polar surface area (TPSA) is 75.3 Å². The number of hydrogen-bond acceptors (Lipinski definition) is 3. The summed E-state index contributed by atoms with van der Waals surface area (Å²) in [5.74, 6) is -0.103. The number of aryl methyl sites for hydroxylation is 1. The van der Waals surface area contributed by atoms with Gasteiger partial charge in [-0.25, -0.2) is 0 Å². The SMILES string of the molecule is O=[C]([AlH2])Nc1ccc(NC(=O)c2ccc(CCC(=O)c3ccccc3)cc2)cc1. The van der Waals surface area contributed by atoms with Gasteiger partial charge in [0.2, 0.25) is 0 Å². The van der Waals surface area contributed by atoms with Crippen LogP contribution in [0.5, 0.6) is 0 Å². The van der Waals surface area contributed by atoms with Crippen LogP contribution >= 0.6 is 0 Å². The summed E-state index contributed by atoms with van der Waals surface area (Å²) in [5.41, 5.74) is 3.63. The lowest BCUT2D eigenvalue weighted by Crippen LogP contribution is -2.12. The van der Waals surface area contributed by atoms with E-state index in [1.807, 2.05) is 42.5 Å². The van der Waals surface area contributed by atoms with E-state index in [0.29, 0.717) is 46.1 Å². The molecule has 29 heavy (non-hydrogen) atoms. The molecule has 2 N–H and O–H groups in total. The third kappa shape index (κ3) is 6.15. The molecule has 3 rings (SSSR count). The van der Waals surface area contributed by atoms with Gasteiger partial charge in [-0.2, -0.15) is 0 Å². The smallest absolute Gasteiger partial charge is 0.343 e. The fourth-order valence-corrected chi connectivity index (χ4v) is 3.18. The van der Waals surface area contributed by atoms with Crippen LogP contribution in [0.1, 0.15) is 32.7 Å². The van der Waals surface area contributed by atoms with E-state index in [-0.39, 0.29) is 16.5 Å². The Morgan fingerprint density at radius 3 is 1.86 bits per heavy atom. The maximum Gasteiger partial charge on any atom is 0.355 e. The van der Waals surface area contributed by atoms with Crippen LogP contribution in [0.4, 0.5) is 16.2 Å². The molecule has 0 saturated carbocycles. The fourth-order valence-electron chi connectivity index (χ4n) is 2.89. The average molecular weight is 400 g/mol. The van der Waals surface area contributed by atoms with Crippen molar-refractivity contribution in [1.82, 2.24) is 0 Å². The van der Waals surface area contributed by atoms with E-state index in [4.69, 9.17) is 0 Å². The molecule has 0 saturated heterocycles. The first-order chi connectivity index (χ1) is 14.0. The third-order valence-corrected chi connectivity index (χ3v) is 4.67. The zero-order valence-electron chi connectivity index (χ0n) is 16.1. The van der Waals surface area contributed by atoms with E-state index >= 15 is 0 Å². The van der Waals surface area contributed by atoms with Crippen LogP contribution in [0.2, 0.25) is 0 Å². The molecular weight excluding hydrogens is 379 g/mol. The molecule has 0 aromatic heterocycles. The lowest BCUT2D eigenvalue weighted by Gasteiger charge is -2.08. The summed E-state index contributed by atoms with van der Waals surface area (Å²) in [7, 11) is 0. The number of ketones is 1. The summed E-state index contributed by atoms with van der Waals surface area (Å²) in [5, 5.41) is 5.57. The van der Waals surface area contributed by atoms with Gasteiger partial charge in [-0.1, -0.05) is 42.5 Å². The quantitative estimate of drug-likeness (QED) is 0.466. The number of carbonyl (C=O) groups is 3. The normalized spacial score (nSPS) is 10.2. The van der Waals surface area contributed by atoms with Gasteiger partial charge >= 0.3 is 16.3 Å². The maximum atomic E-state index is 12.4. The number of hydrogen-bond donors (Lipinski definition) is 2. The van der Waals surface area contributed by atoms with Gasteiger partial charge in [-0.3, -0.25) is 14.4 Å². The highest BCUT2D eigenvalue weighted by molar-refractivity contribution is 6.60. The minimum absolute atomic E-state index is 0.00709. The molecule has 0 aliphatic heterocycles. The van der Waals surface area contributed by atoms with Crippen LogP contribution in [-0.4, -0.2) is 32.7 Å². The average Bonchev–Trinajstić information content (AvgIpc) is 2.74. The number of amides is 2. The van der Waals surface area contributed by atoms with Crippen molar-refractivity contribution in [2.75, 3.05) is 10.6 Å². The molecule has 0 heterocycles. The Morgan fingerprint density at radius 1 is 0.690 bits per heavy atom. The number of Topliss-reactive ketones (excluding diaryl/α,β-unsaturated/α-hetero) is 1. The molecule has 0 aliphatic carbocycles. The van der Waals surface area contributed by atoms with E-state index in [9.17, 15) is 14.4 Å². The van der Waals surface area contributed by atoms with Gasteiger partial charge in [0.25, 0.3) is 5.91 Å². The summed E-state index contributed by atoms with van der Waals surface area (Å²) in [6, 6.07) is 23.5. The molecule has 0 fully saturated rings. The summed E-state index contributed by atoms with van der Waals surface area (Å²) >= 11 is 0.436. The number of nitrogens with one attached hydrogen (secondary N) is 2. The fraction of sp³-hybridized carbons (Fsp3) is 0.0870. The van der Waals surface area contributed by atoms with E-state index in [1.165, 1.54) is 0 Å². The second-order valence-corrected chi connectivity index (χ2v) is 7.61. The Hall–Kier alpha value is -3.20. The van der Waals surface area contributed by atoms with E-state index in [2.05, 4.69) is 10.6 Å². The van der Waals surface area contributed by atoms with Gasteiger partial charge in [0.1, 0.15) is 4.77 Å². The molecule has 2 amide bonds. The van der Waals surface area contributed by atoms with Crippen molar-refractivity contribution in [3.63, 3.8) is 0 Å². The minimum atomic E-state index is -0.211. The molecule has 0 atom stereocenters. The molecule has 5 nitrogen and oxygen atoms in total. The van der Waals surface area contributed by atoms with Crippen LogP contribution in [0.3, 0.4) is 0 Å². The molecule has 144 valence electrons. The van der Waals surface area contributed by atoms with Gasteiger partial charge in [0.05, 0.1) is 0 Å². The van der Waals surface area contributed by atoms with Gasteiger partial charge in [-0.15, -0.1) is 0 Å². The minimum Gasteiger partial charge on any atom is -0.343 e. The van der Waals surface area contributed by atoms with Crippen molar-refractivity contribution in [2.45, 2.75) is 12.8 Å². The van der Waals surface area contributed by atoms with E-state index < -0.39 is 0 Å². The zero-order chi connectivity index (χ0) is 20.6. The highest BCUT2D eigenvalue weighted by Crippen LogP contribution is 2.15. The monoisotopic (exact) mass is 400 g/mol. The molecular formula is C23H21AlN2O3. The maximum absolute atomic E-state index is 12.4. The second-order valence-electron chi connectivity index (χ2n) is 6.70. The highest BCUT2D eigenvalue weighted by atomic mass is 27.0. The summed E-state index contributed by atoms with van der Waals surface area (Å²) in [6.07, 6.45) is 1.06. The first kappa shape index (κ1) is 20.5. The van der Waals surface area contributed by atoms with E-state index in [1.54, 1.807) is 36.4 Å². The number of rotatable bonds is 7. The van der Waals surface area contributed by atoms with Crippen LogP contribution in [0.25, 0.3) is 0 Å². The Bertz CT molecular complexity index is 1000. The van der Waals surface area contributed by atoms with Gasteiger partial charge in [0.15, 0.2) is 5.78 Å². The predicted octanol–water partition coefficient (Wildman–Crippen LogP) is 3.92. The number of benzene rings is 3. The van der Waals surface area contributed by atoms with Crippen molar-refractivity contribution in [3.8, 4) is 0 Å². The molecule has 0 spiro atoms. The number of anilines is 2. The van der Waals surface area contributed by atoms with Crippen LogP contribution in [-0.2, 0) is 6.42 Å². The largest absolute Gasteiger partial charge is 0.355 e. The molecule has 6 heteroatoms. The standard InChI is InChI=1S/C23H19N2O3.Al.2H/c26-16-24-20-11-13-21(14-12-20)25-23(28)19-9-6-17(7-10-19)8-15-22(27)18-4-2-1-3-5-18;;;/h1-7,9-14H,8,15H2,(H,24,26)(H,25,28);;;. The van der Waals surface area contributed by atoms with Crippen LogP contribution in [0, 0.1) is 0 Å². The molecule has 0 radical (unpaired) electrons. The Morgan fingerprint density at radius 2 is 1.28 bits per heavy atom. The Kier molecular flexibility index (Phi) is 6.96. The lowest BCUT2D eigenvalue weighted by molar-refractivity contribution is 0.0981. The summed E-state index contributed by atoms with van der Waals surface area (Å²) in [6.45, 7) is 0. The van der Waals surface area contributed by atoms with Crippen LogP contribution in [0.15, 0.2) is 78.9 Å². The lowest BCUT2D eigenvalue weighted by atomic mass is 10.0. The molecule has 0 unspecified atom stereocenters. The summed E-state index contributed by atoms with van der Waals surface area (Å²) < 4.78 is -0.00709. The zero-order valence-corrected chi connectivity index (χ0v) is 18.1. The molecule has 0 aliphatic rings. The molecule has 3 aromatic carbocycles. The first-order valence-corrected chi connectivity index (χ1v) is 10.4. The predicted molar refractivity (Wildman–Crippen MR) is 117 cm³/mol. The van der Waals surface area contributed by atoms with Crippen molar-refractivity contribution in [2.24, 2.45) is 0 Å². The van der Waals surface area contributed by atoms with E-state index in [0.717, 1.165) is 11.1 Å². The molecule has 3 aromatic rings. The van der Waals surface area contributed by atoms with Crippen molar-refractivity contribution in [3.05, 3.63) is 95.6 Å². The van der Waals surface area contributed by atoms with Crippen molar-refractivity contribution in [1.29, 1.82) is 0 Å². The van der Waals surface area contributed by atoms with Gasteiger partial charge in [-0.05, 0) is 48.4 Å². The summed E-state index contributed by atoms with van der Waals surface area (Å²) in [4.78, 5) is 35.7. The first-order valence-electron chi connectivity index (χ1n) is 9.37. The Balaban J connectivity index is 1.54. The highest BCUT2D eigenvalue weighted by Gasteiger charge is 2.08. The second kappa shape index (κ2) is 9.83. The molecule has 0 bridgehead atoms. The third-order valence-electron chi connectivity index (χ3n) is 4.42. The number of carbonyl (C=O) groups excluding carboxylic acids is 3. The van der Waals surface area contributed by atoms with Gasteiger partial charge < -0.3 is 10.6 Å². The van der Waals surface area contributed by atoms with Crippen molar-refractivity contribution >= 4 is 44.1 Å². The van der Waals surface area contributed by atoms with Gasteiger partial charge in [0, 0.05) is 28.9 Å².